The molecule has 1 atom stereocenters. The predicted octanol–water partition coefficient (Wildman–Crippen LogP) is 3.41. The summed E-state index contributed by atoms with van der Waals surface area (Å²) in [4.78, 5) is 36.9. The molecule has 0 unspecified atom stereocenters. The van der Waals surface area contributed by atoms with Crippen LogP contribution in [0.25, 0.3) is 0 Å². The van der Waals surface area contributed by atoms with E-state index in [9.17, 15) is 18.8 Å². The number of nitrogens with one attached hydrogen (secondary N) is 2. The first-order valence-corrected chi connectivity index (χ1v) is 8.97. The predicted molar refractivity (Wildman–Crippen MR) is 105 cm³/mol. The van der Waals surface area contributed by atoms with Gasteiger partial charge in [-0.05, 0) is 36.2 Å². The lowest BCUT2D eigenvalue weighted by atomic mass is 10.0. The van der Waals surface area contributed by atoms with Gasteiger partial charge in [-0.15, -0.1) is 0 Å². The summed E-state index contributed by atoms with van der Waals surface area (Å²) in [6.07, 6.45) is 0. The van der Waals surface area contributed by atoms with Gasteiger partial charge in [-0.3, -0.25) is 4.79 Å². The van der Waals surface area contributed by atoms with Crippen LogP contribution in [-0.4, -0.2) is 37.5 Å². The molecule has 0 aliphatic carbocycles. The number of carbonyl (C=O) groups is 3. The zero-order valence-corrected chi connectivity index (χ0v) is 16.4. The summed E-state index contributed by atoms with van der Waals surface area (Å²) in [7, 11) is 1.35. The van der Waals surface area contributed by atoms with Crippen LogP contribution in [0.5, 0.6) is 5.75 Å². The normalized spacial score (nSPS) is 11.5. The van der Waals surface area contributed by atoms with Crippen molar-refractivity contribution in [1.29, 1.82) is 0 Å². The second-order valence-corrected chi connectivity index (χ2v) is 6.56. The maximum absolute atomic E-state index is 13.4. The van der Waals surface area contributed by atoms with Crippen LogP contribution < -0.4 is 15.4 Å². The topological polar surface area (TPSA) is 93.7 Å². The summed E-state index contributed by atoms with van der Waals surface area (Å²) >= 11 is 0. The third kappa shape index (κ3) is 6.31. The average molecular weight is 402 g/mol. The van der Waals surface area contributed by atoms with Crippen molar-refractivity contribution in [2.75, 3.05) is 19.0 Å². The van der Waals surface area contributed by atoms with Gasteiger partial charge in [0.25, 0.3) is 0 Å². The molecule has 2 aromatic carbocycles. The van der Waals surface area contributed by atoms with Crippen LogP contribution in [0, 0.1) is 11.7 Å². The molecule has 2 N–H and O–H groups in total. The highest BCUT2D eigenvalue weighted by Crippen LogP contribution is 2.20. The Bertz CT molecular complexity index is 871. The molecule has 0 aliphatic rings. The van der Waals surface area contributed by atoms with Gasteiger partial charge in [0.1, 0.15) is 17.6 Å². The summed E-state index contributed by atoms with van der Waals surface area (Å²) in [6, 6.07) is 10.7. The molecule has 0 spiro atoms. The van der Waals surface area contributed by atoms with Crippen LogP contribution in [-0.2, 0) is 9.53 Å². The SMILES string of the molecule is COc1ccc(F)cc1C(=O)COC(=O)[C@H](NC(=O)Nc1ccccc1)C(C)C. The van der Waals surface area contributed by atoms with Crippen molar-refractivity contribution in [2.45, 2.75) is 19.9 Å². The van der Waals surface area contributed by atoms with E-state index in [0.29, 0.717) is 5.69 Å². The van der Waals surface area contributed by atoms with Crippen LogP contribution in [0.4, 0.5) is 14.9 Å². The summed E-state index contributed by atoms with van der Waals surface area (Å²) in [5.74, 6) is -2.12. The van der Waals surface area contributed by atoms with Gasteiger partial charge >= 0.3 is 12.0 Å². The van der Waals surface area contributed by atoms with Gasteiger partial charge in [0.15, 0.2) is 6.61 Å². The molecule has 154 valence electrons. The third-order valence-corrected chi connectivity index (χ3v) is 4.05. The largest absolute Gasteiger partial charge is 0.496 e. The maximum atomic E-state index is 13.4. The standard InChI is InChI=1S/C21H23FN2O5/c1-13(2)19(24-21(27)23-15-7-5-4-6-8-15)20(26)29-12-17(25)16-11-14(22)9-10-18(16)28-3/h4-11,13,19H,12H2,1-3H3,(H2,23,24,27)/t19-/m1/s1. The number of para-hydroxylation sites is 1. The number of ketones is 1. The number of halogens is 1. The smallest absolute Gasteiger partial charge is 0.329 e. The average Bonchev–Trinajstić information content (AvgIpc) is 2.70. The number of Topliss-reactive ketones (excluding diaryl/α,β-unsaturated/α-hetero) is 1. The fourth-order valence-electron chi connectivity index (χ4n) is 2.53. The number of hydrogen-bond donors (Lipinski definition) is 2. The summed E-state index contributed by atoms with van der Waals surface area (Å²) in [5.41, 5.74) is 0.533. The van der Waals surface area contributed by atoms with E-state index in [4.69, 9.17) is 9.47 Å². The Morgan fingerprint density at radius 1 is 1.07 bits per heavy atom. The Balaban J connectivity index is 1.98. The van der Waals surface area contributed by atoms with E-state index in [1.165, 1.54) is 13.2 Å². The highest BCUT2D eigenvalue weighted by molar-refractivity contribution is 6.00. The van der Waals surface area contributed by atoms with E-state index in [-0.39, 0.29) is 17.2 Å². The number of methoxy groups -OCH3 is 1. The quantitative estimate of drug-likeness (QED) is 0.521. The van der Waals surface area contributed by atoms with Gasteiger partial charge in [0.2, 0.25) is 5.78 Å². The van der Waals surface area contributed by atoms with Gasteiger partial charge in [-0.2, -0.15) is 0 Å². The zero-order chi connectivity index (χ0) is 21.4. The summed E-state index contributed by atoms with van der Waals surface area (Å²) in [6.45, 7) is 2.85. The number of hydrogen-bond acceptors (Lipinski definition) is 5. The first-order chi connectivity index (χ1) is 13.8. The molecular formula is C21H23FN2O5. The fraction of sp³-hybridized carbons (Fsp3) is 0.286. The van der Waals surface area contributed by atoms with Gasteiger partial charge in [0, 0.05) is 5.69 Å². The van der Waals surface area contributed by atoms with Crippen molar-refractivity contribution >= 4 is 23.5 Å². The third-order valence-electron chi connectivity index (χ3n) is 4.05. The van der Waals surface area contributed by atoms with E-state index in [0.717, 1.165) is 12.1 Å². The van der Waals surface area contributed by atoms with Crippen LogP contribution in [0.2, 0.25) is 0 Å². The molecule has 0 fully saturated rings. The second-order valence-electron chi connectivity index (χ2n) is 6.56. The number of rotatable bonds is 8. The molecule has 0 bridgehead atoms. The Hall–Kier alpha value is -3.42. The van der Waals surface area contributed by atoms with Crippen molar-refractivity contribution in [3.8, 4) is 5.75 Å². The van der Waals surface area contributed by atoms with E-state index in [2.05, 4.69) is 10.6 Å². The van der Waals surface area contributed by atoms with Crippen molar-refractivity contribution < 1.29 is 28.2 Å². The molecule has 2 aromatic rings. The number of amides is 2. The van der Waals surface area contributed by atoms with Crippen LogP contribution in [0.1, 0.15) is 24.2 Å². The fourth-order valence-corrected chi connectivity index (χ4v) is 2.53. The van der Waals surface area contributed by atoms with E-state index in [1.54, 1.807) is 38.1 Å². The Morgan fingerprint density at radius 3 is 2.38 bits per heavy atom. The molecule has 7 nitrogen and oxygen atoms in total. The molecule has 0 saturated heterocycles. The first kappa shape index (κ1) is 21.9. The molecule has 0 radical (unpaired) electrons. The Kier molecular flexibility index (Phi) is 7.70. The van der Waals surface area contributed by atoms with Gasteiger partial charge in [-0.25, -0.2) is 14.0 Å². The van der Waals surface area contributed by atoms with Crippen molar-refractivity contribution in [1.82, 2.24) is 5.32 Å². The van der Waals surface area contributed by atoms with Crippen LogP contribution in [0.15, 0.2) is 48.5 Å². The van der Waals surface area contributed by atoms with Crippen LogP contribution >= 0.6 is 0 Å². The van der Waals surface area contributed by atoms with Gasteiger partial charge < -0.3 is 20.1 Å². The molecule has 0 saturated carbocycles. The molecule has 0 aromatic heterocycles. The lowest BCUT2D eigenvalue weighted by Gasteiger charge is -2.21. The second kappa shape index (κ2) is 10.2. The molecular weight excluding hydrogens is 379 g/mol. The minimum Gasteiger partial charge on any atom is -0.496 e. The number of urea groups is 1. The lowest BCUT2D eigenvalue weighted by molar-refractivity contribution is -0.145. The minimum atomic E-state index is -0.971. The monoisotopic (exact) mass is 402 g/mol. The highest BCUT2D eigenvalue weighted by Gasteiger charge is 2.27. The van der Waals surface area contributed by atoms with E-state index in [1.807, 2.05) is 6.07 Å². The molecule has 0 heterocycles. The molecule has 8 heteroatoms. The van der Waals surface area contributed by atoms with E-state index >= 15 is 0 Å². The molecule has 29 heavy (non-hydrogen) atoms. The number of esters is 1. The number of carbonyl (C=O) groups excluding carboxylic acids is 3. The Morgan fingerprint density at radius 2 is 1.76 bits per heavy atom. The van der Waals surface area contributed by atoms with Gasteiger partial charge in [0.05, 0.1) is 12.7 Å². The molecule has 2 amide bonds. The van der Waals surface area contributed by atoms with E-state index < -0.39 is 36.2 Å². The maximum Gasteiger partial charge on any atom is 0.329 e. The van der Waals surface area contributed by atoms with Crippen molar-refractivity contribution in [3.05, 3.63) is 59.9 Å². The van der Waals surface area contributed by atoms with Crippen LogP contribution in [0.3, 0.4) is 0 Å². The lowest BCUT2D eigenvalue weighted by Crippen LogP contribution is -2.47. The highest BCUT2D eigenvalue weighted by atomic mass is 19.1. The minimum absolute atomic E-state index is 0.0313. The van der Waals surface area contributed by atoms with Crippen molar-refractivity contribution in [2.24, 2.45) is 5.92 Å². The molecule has 2 rings (SSSR count). The number of ether oxygens (including phenoxy) is 2. The zero-order valence-electron chi connectivity index (χ0n) is 16.4. The summed E-state index contributed by atoms with van der Waals surface area (Å²) < 4.78 is 23.5. The van der Waals surface area contributed by atoms with Crippen molar-refractivity contribution in [3.63, 3.8) is 0 Å². The van der Waals surface area contributed by atoms with Gasteiger partial charge in [-0.1, -0.05) is 32.0 Å². The Labute approximate surface area is 168 Å². The summed E-state index contributed by atoms with van der Waals surface area (Å²) in [5, 5.41) is 5.15. The first-order valence-electron chi connectivity index (χ1n) is 8.97. The number of benzene rings is 2. The molecule has 0 aliphatic heterocycles. The number of anilines is 1.